The number of ether oxygens (including phenoxy) is 3. The number of benzene rings is 2. The van der Waals surface area contributed by atoms with Crippen molar-refractivity contribution in [2.75, 3.05) is 61.2 Å². The topological polar surface area (TPSA) is 80.3 Å². The predicted octanol–water partition coefficient (Wildman–Crippen LogP) is 4.35. The number of hydrogen-bond donors (Lipinski definition) is 1. The van der Waals surface area contributed by atoms with Crippen molar-refractivity contribution in [1.82, 2.24) is 0 Å². The Morgan fingerprint density at radius 3 is 2.44 bits per heavy atom. The zero-order chi connectivity index (χ0) is 24.1. The lowest BCUT2D eigenvalue weighted by Gasteiger charge is -2.31. The molecule has 0 saturated carbocycles. The fourth-order valence-corrected chi connectivity index (χ4v) is 4.42. The van der Waals surface area contributed by atoms with Gasteiger partial charge in [0.1, 0.15) is 11.5 Å². The fraction of sp³-hybridized carbons (Fsp3) is 0.440. The van der Waals surface area contributed by atoms with Crippen molar-refractivity contribution >= 4 is 40.5 Å². The minimum Gasteiger partial charge on any atom is -0.492 e. The maximum Gasteiger partial charge on any atom is 0.255 e. The minimum atomic E-state index is -0.327. The first-order valence-electron chi connectivity index (χ1n) is 11.7. The van der Waals surface area contributed by atoms with E-state index in [-0.39, 0.29) is 11.8 Å². The third-order valence-electron chi connectivity index (χ3n) is 5.83. The number of hydrogen-bond acceptors (Lipinski definition) is 6. The normalized spacial score (nSPS) is 16.0. The standard InChI is InChI=1S/C25H30ClN3O5/c1-3-33-22-16-21(28-10-12-32-13-11-28)23(34-4-2)15-19(22)27-25(31)17-7-8-18(26)20(14-17)29-9-5-6-24(29)30/h7-8,14-16H,3-6,9-13H2,1-2H3,(H,27,31). The molecule has 0 aromatic heterocycles. The number of nitrogens with one attached hydrogen (secondary N) is 1. The Hall–Kier alpha value is -2.97. The summed E-state index contributed by atoms with van der Waals surface area (Å²) in [6, 6.07) is 8.66. The first-order chi connectivity index (χ1) is 16.5. The third kappa shape index (κ3) is 5.23. The van der Waals surface area contributed by atoms with Gasteiger partial charge in [0, 0.05) is 43.8 Å². The molecule has 2 aliphatic heterocycles. The summed E-state index contributed by atoms with van der Waals surface area (Å²) in [5.41, 5.74) is 2.38. The molecule has 0 radical (unpaired) electrons. The molecule has 0 atom stereocenters. The van der Waals surface area contributed by atoms with Crippen LogP contribution in [0.3, 0.4) is 0 Å². The molecule has 2 heterocycles. The molecular formula is C25H30ClN3O5. The van der Waals surface area contributed by atoms with Gasteiger partial charge in [-0.25, -0.2) is 0 Å². The third-order valence-corrected chi connectivity index (χ3v) is 6.15. The Bertz CT molecular complexity index is 1060. The second-order valence-corrected chi connectivity index (χ2v) is 8.46. The van der Waals surface area contributed by atoms with Crippen molar-refractivity contribution < 1.29 is 23.8 Å². The molecule has 2 aromatic carbocycles. The van der Waals surface area contributed by atoms with Gasteiger partial charge in [-0.15, -0.1) is 0 Å². The zero-order valence-corrected chi connectivity index (χ0v) is 20.3. The maximum absolute atomic E-state index is 13.2. The predicted molar refractivity (Wildman–Crippen MR) is 133 cm³/mol. The van der Waals surface area contributed by atoms with E-state index in [1.807, 2.05) is 19.9 Å². The van der Waals surface area contributed by atoms with Crippen LogP contribution >= 0.6 is 11.6 Å². The van der Waals surface area contributed by atoms with Crippen LogP contribution in [0.25, 0.3) is 0 Å². The van der Waals surface area contributed by atoms with E-state index in [1.54, 1.807) is 29.2 Å². The molecule has 0 spiro atoms. The summed E-state index contributed by atoms with van der Waals surface area (Å²) >= 11 is 6.34. The number of carbonyl (C=O) groups excluding carboxylic acids is 2. The van der Waals surface area contributed by atoms with E-state index in [4.69, 9.17) is 25.8 Å². The van der Waals surface area contributed by atoms with Gasteiger partial charge in [-0.05, 0) is 38.5 Å². The lowest BCUT2D eigenvalue weighted by Crippen LogP contribution is -2.36. The van der Waals surface area contributed by atoms with Crippen LogP contribution in [0, 0.1) is 0 Å². The molecular weight excluding hydrogens is 458 g/mol. The average Bonchev–Trinajstić information content (AvgIpc) is 3.27. The summed E-state index contributed by atoms with van der Waals surface area (Å²) in [6.45, 7) is 8.14. The second kappa shape index (κ2) is 11.0. The molecule has 0 bridgehead atoms. The van der Waals surface area contributed by atoms with Crippen LogP contribution in [0.15, 0.2) is 30.3 Å². The average molecular weight is 488 g/mol. The van der Waals surface area contributed by atoms with Crippen LogP contribution in [-0.4, -0.2) is 57.9 Å². The van der Waals surface area contributed by atoms with Gasteiger partial charge in [-0.1, -0.05) is 11.6 Å². The molecule has 2 aromatic rings. The van der Waals surface area contributed by atoms with E-state index >= 15 is 0 Å². The van der Waals surface area contributed by atoms with E-state index in [1.165, 1.54) is 0 Å². The van der Waals surface area contributed by atoms with Gasteiger partial charge in [0.2, 0.25) is 5.91 Å². The first-order valence-corrected chi connectivity index (χ1v) is 12.1. The molecule has 8 nitrogen and oxygen atoms in total. The number of morpholine rings is 1. The maximum atomic E-state index is 13.2. The van der Waals surface area contributed by atoms with E-state index in [0.717, 1.165) is 25.2 Å². The van der Waals surface area contributed by atoms with Crippen LogP contribution in [0.4, 0.5) is 17.1 Å². The van der Waals surface area contributed by atoms with E-state index < -0.39 is 0 Å². The van der Waals surface area contributed by atoms with Crippen molar-refractivity contribution in [1.29, 1.82) is 0 Å². The van der Waals surface area contributed by atoms with Crippen LogP contribution in [-0.2, 0) is 9.53 Å². The van der Waals surface area contributed by atoms with Crippen LogP contribution < -0.4 is 24.6 Å². The molecule has 0 unspecified atom stereocenters. The molecule has 2 fully saturated rings. The Kier molecular flexibility index (Phi) is 7.80. The highest BCUT2D eigenvalue weighted by Crippen LogP contribution is 2.40. The van der Waals surface area contributed by atoms with Crippen molar-refractivity contribution in [3.8, 4) is 11.5 Å². The van der Waals surface area contributed by atoms with Gasteiger partial charge < -0.3 is 29.3 Å². The fourth-order valence-electron chi connectivity index (χ4n) is 4.20. The molecule has 4 rings (SSSR count). The number of amides is 2. The van der Waals surface area contributed by atoms with Crippen molar-refractivity contribution in [3.63, 3.8) is 0 Å². The van der Waals surface area contributed by atoms with Gasteiger partial charge in [0.25, 0.3) is 5.91 Å². The number of carbonyl (C=O) groups is 2. The highest BCUT2D eigenvalue weighted by atomic mass is 35.5. The SMILES string of the molecule is CCOc1cc(N2CCOCC2)c(OCC)cc1NC(=O)c1ccc(Cl)c(N2CCCC2=O)c1. The quantitative estimate of drug-likeness (QED) is 0.596. The molecule has 0 aliphatic carbocycles. The van der Waals surface area contributed by atoms with Crippen molar-refractivity contribution in [3.05, 3.63) is 40.9 Å². The van der Waals surface area contributed by atoms with Gasteiger partial charge in [-0.2, -0.15) is 0 Å². The van der Waals surface area contributed by atoms with Crippen molar-refractivity contribution in [2.45, 2.75) is 26.7 Å². The monoisotopic (exact) mass is 487 g/mol. The highest BCUT2D eigenvalue weighted by molar-refractivity contribution is 6.34. The summed E-state index contributed by atoms with van der Waals surface area (Å²) in [5.74, 6) is 0.914. The van der Waals surface area contributed by atoms with E-state index in [9.17, 15) is 9.59 Å². The van der Waals surface area contributed by atoms with Gasteiger partial charge >= 0.3 is 0 Å². The summed E-state index contributed by atoms with van der Waals surface area (Å²) in [5, 5.41) is 3.40. The summed E-state index contributed by atoms with van der Waals surface area (Å²) in [7, 11) is 0. The molecule has 34 heavy (non-hydrogen) atoms. The van der Waals surface area contributed by atoms with Crippen LogP contribution in [0.2, 0.25) is 5.02 Å². The number of halogens is 1. The van der Waals surface area contributed by atoms with Gasteiger partial charge in [0.15, 0.2) is 0 Å². The van der Waals surface area contributed by atoms with Crippen LogP contribution in [0.5, 0.6) is 11.5 Å². The summed E-state index contributed by atoms with van der Waals surface area (Å²) in [4.78, 5) is 29.2. The second-order valence-electron chi connectivity index (χ2n) is 8.05. The number of nitrogens with zero attached hydrogens (tertiary/aromatic N) is 2. The highest BCUT2D eigenvalue weighted by Gasteiger charge is 2.25. The van der Waals surface area contributed by atoms with E-state index in [2.05, 4.69) is 10.2 Å². The lowest BCUT2D eigenvalue weighted by atomic mass is 10.1. The molecule has 2 amide bonds. The summed E-state index contributed by atoms with van der Waals surface area (Å²) < 4.78 is 17.3. The molecule has 9 heteroatoms. The van der Waals surface area contributed by atoms with Gasteiger partial charge in [-0.3, -0.25) is 9.59 Å². The Balaban J connectivity index is 1.64. The number of rotatable bonds is 8. The minimum absolute atomic E-state index is 0.0122. The Morgan fingerprint density at radius 1 is 1.03 bits per heavy atom. The Labute approximate surface area is 204 Å². The Morgan fingerprint density at radius 2 is 1.76 bits per heavy atom. The molecule has 182 valence electrons. The molecule has 2 aliphatic rings. The van der Waals surface area contributed by atoms with E-state index in [0.29, 0.717) is 72.9 Å². The number of anilines is 3. The zero-order valence-electron chi connectivity index (χ0n) is 19.6. The summed E-state index contributed by atoms with van der Waals surface area (Å²) in [6.07, 6.45) is 1.26. The van der Waals surface area contributed by atoms with Crippen molar-refractivity contribution in [2.24, 2.45) is 0 Å². The smallest absolute Gasteiger partial charge is 0.255 e. The first kappa shape index (κ1) is 24.2. The van der Waals surface area contributed by atoms with Gasteiger partial charge in [0.05, 0.1) is 48.5 Å². The largest absolute Gasteiger partial charge is 0.492 e. The lowest BCUT2D eigenvalue weighted by molar-refractivity contribution is -0.117. The molecule has 2 saturated heterocycles. The molecule has 1 N–H and O–H groups in total. The van der Waals surface area contributed by atoms with Crippen LogP contribution in [0.1, 0.15) is 37.0 Å².